The Morgan fingerprint density at radius 3 is 2.08 bits per heavy atom. The van der Waals surface area contributed by atoms with E-state index in [1.54, 1.807) is 0 Å². The van der Waals surface area contributed by atoms with Crippen molar-refractivity contribution in [3.05, 3.63) is 54.1 Å². The second-order valence-electron chi connectivity index (χ2n) is 6.20. The van der Waals surface area contributed by atoms with Crippen LogP contribution in [0.3, 0.4) is 0 Å². The summed E-state index contributed by atoms with van der Waals surface area (Å²) >= 11 is 0. The second-order valence-corrected chi connectivity index (χ2v) is 6.20. The van der Waals surface area contributed by atoms with Crippen LogP contribution in [0.5, 0.6) is 11.5 Å². The van der Waals surface area contributed by atoms with Crippen LogP contribution in [0.1, 0.15) is 46.1 Å². The Hall–Kier alpha value is -2.16. The minimum Gasteiger partial charge on any atom is -0.491 e. The molecular weight excluding hydrogens is 298 g/mol. The Morgan fingerprint density at radius 1 is 0.833 bits per heavy atom. The van der Waals surface area contributed by atoms with Gasteiger partial charge in [-0.15, -0.1) is 0 Å². The minimum atomic E-state index is 0.235. The molecule has 0 aromatic heterocycles. The molecule has 0 heterocycles. The van der Waals surface area contributed by atoms with Gasteiger partial charge in [0.2, 0.25) is 0 Å². The molecule has 3 nitrogen and oxygen atoms in total. The highest BCUT2D eigenvalue weighted by Gasteiger charge is 2.03. The number of rotatable bonds is 9. The predicted molar refractivity (Wildman–Crippen MR) is 101 cm³/mol. The Balaban J connectivity index is 1.90. The first-order valence-corrected chi connectivity index (χ1v) is 8.86. The summed E-state index contributed by atoms with van der Waals surface area (Å²) in [5.74, 6) is 1.84. The first-order valence-electron chi connectivity index (χ1n) is 8.86. The number of anilines is 1. The van der Waals surface area contributed by atoms with Crippen molar-refractivity contribution in [2.24, 2.45) is 0 Å². The molecule has 0 bridgehead atoms. The lowest BCUT2D eigenvalue weighted by Gasteiger charge is -2.14. The number of ether oxygens (including phenoxy) is 2. The molecule has 3 heteroatoms. The average Bonchev–Trinajstić information content (AvgIpc) is 2.61. The van der Waals surface area contributed by atoms with Crippen molar-refractivity contribution in [2.45, 2.75) is 59.3 Å². The van der Waals surface area contributed by atoms with E-state index in [9.17, 15) is 0 Å². The number of hydrogen-bond donors (Lipinski definition) is 1. The van der Waals surface area contributed by atoms with E-state index in [1.807, 2.05) is 30.3 Å². The highest BCUT2D eigenvalue weighted by Crippen LogP contribution is 2.20. The van der Waals surface area contributed by atoms with Crippen molar-refractivity contribution in [3.8, 4) is 11.5 Å². The molecule has 0 amide bonds. The molecule has 0 spiro atoms. The van der Waals surface area contributed by atoms with Crippen LogP contribution in [0.2, 0.25) is 0 Å². The van der Waals surface area contributed by atoms with E-state index >= 15 is 0 Å². The van der Waals surface area contributed by atoms with E-state index in [1.165, 1.54) is 5.56 Å². The van der Waals surface area contributed by atoms with Crippen molar-refractivity contribution in [2.75, 3.05) is 5.32 Å². The molecule has 130 valence electrons. The molecule has 1 N–H and O–H groups in total. The van der Waals surface area contributed by atoms with Gasteiger partial charge in [0.05, 0.1) is 12.2 Å². The molecule has 2 atom stereocenters. The third-order valence-corrected chi connectivity index (χ3v) is 4.08. The van der Waals surface area contributed by atoms with Crippen LogP contribution in [-0.2, 0) is 6.54 Å². The van der Waals surface area contributed by atoms with E-state index in [4.69, 9.17) is 9.47 Å². The van der Waals surface area contributed by atoms with Crippen molar-refractivity contribution in [1.82, 2.24) is 0 Å². The predicted octanol–water partition coefficient (Wildman–Crippen LogP) is 5.65. The zero-order chi connectivity index (χ0) is 17.4. The molecule has 2 rings (SSSR count). The fourth-order valence-electron chi connectivity index (χ4n) is 2.20. The lowest BCUT2D eigenvalue weighted by Crippen LogP contribution is -2.10. The van der Waals surface area contributed by atoms with Crippen LogP contribution < -0.4 is 14.8 Å². The Labute approximate surface area is 146 Å². The Kier molecular flexibility index (Phi) is 6.98. The van der Waals surface area contributed by atoms with Crippen molar-refractivity contribution in [1.29, 1.82) is 0 Å². The van der Waals surface area contributed by atoms with Gasteiger partial charge in [-0.1, -0.05) is 32.0 Å². The van der Waals surface area contributed by atoms with Crippen LogP contribution in [0, 0.1) is 0 Å². The minimum absolute atomic E-state index is 0.235. The molecule has 0 aliphatic rings. The maximum absolute atomic E-state index is 5.86. The van der Waals surface area contributed by atoms with Crippen molar-refractivity contribution < 1.29 is 9.47 Å². The van der Waals surface area contributed by atoms with Gasteiger partial charge >= 0.3 is 0 Å². The highest BCUT2D eigenvalue weighted by atomic mass is 16.5. The van der Waals surface area contributed by atoms with E-state index in [2.05, 4.69) is 51.2 Å². The van der Waals surface area contributed by atoms with Gasteiger partial charge in [0.1, 0.15) is 11.5 Å². The van der Waals surface area contributed by atoms with E-state index < -0.39 is 0 Å². The number of hydrogen-bond acceptors (Lipinski definition) is 3. The zero-order valence-electron chi connectivity index (χ0n) is 15.2. The van der Waals surface area contributed by atoms with Crippen LogP contribution in [0.4, 0.5) is 5.69 Å². The van der Waals surface area contributed by atoms with Gasteiger partial charge in [-0.2, -0.15) is 0 Å². The van der Waals surface area contributed by atoms with Gasteiger partial charge < -0.3 is 14.8 Å². The summed E-state index contributed by atoms with van der Waals surface area (Å²) in [4.78, 5) is 0. The summed E-state index contributed by atoms with van der Waals surface area (Å²) < 4.78 is 11.7. The molecule has 24 heavy (non-hydrogen) atoms. The summed E-state index contributed by atoms with van der Waals surface area (Å²) in [6.45, 7) is 9.20. The molecule has 2 aromatic rings. The normalized spacial score (nSPS) is 13.2. The summed E-state index contributed by atoms with van der Waals surface area (Å²) in [5.41, 5.74) is 2.29. The molecule has 0 saturated heterocycles. The summed E-state index contributed by atoms with van der Waals surface area (Å²) in [6, 6.07) is 16.4. The smallest absolute Gasteiger partial charge is 0.121 e. The van der Waals surface area contributed by atoms with Gasteiger partial charge in [0.15, 0.2) is 0 Å². The average molecular weight is 327 g/mol. The second kappa shape index (κ2) is 9.21. The molecule has 0 aliphatic carbocycles. The molecule has 0 fully saturated rings. The Bertz CT molecular complexity index is 609. The zero-order valence-corrected chi connectivity index (χ0v) is 15.2. The van der Waals surface area contributed by atoms with Gasteiger partial charge in [0, 0.05) is 18.3 Å². The van der Waals surface area contributed by atoms with Crippen molar-refractivity contribution >= 4 is 5.69 Å². The van der Waals surface area contributed by atoms with Crippen LogP contribution in [0.25, 0.3) is 0 Å². The van der Waals surface area contributed by atoms with E-state index in [0.29, 0.717) is 0 Å². The third kappa shape index (κ3) is 5.80. The van der Waals surface area contributed by atoms with Crippen molar-refractivity contribution in [3.63, 3.8) is 0 Å². The maximum atomic E-state index is 5.86. The topological polar surface area (TPSA) is 30.5 Å². The maximum Gasteiger partial charge on any atom is 0.121 e. The van der Waals surface area contributed by atoms with Gasteiger partial charge in [0.25, 0.3) is 0 Å². The fraction of sp³-hybridized carbons (Fsp3) is 0.429. The molecule has 0 aliphatic heterocycles. The molecule has 2 unspecified atom stereocenters. The number of benzene rings is 2. The quantitative estimate of drug-likeness (QED) is 0.645. The van der Waals surface area contributed by atoms with E-state index in [0.717, 1.165) is 36.6 Å². The van der Waals surface area contributed by atoms with E-state index in [-0.39, 0.29) is 12.2 Å². The lowest BCUT2D eigenvalue weighted by molar-refractivity contribution is 0.217. The SMILES string of the molecule is CCC(C)Oc1ccc(CNc2cccc(OC(C)CC)c2)cc1. The lowest BCUT2D eigenvalue weighted by atomic mass is 10.2. The van der Waals surface area contributed by atoms with Crippen LogP contribution >= 0.6 is 0 Å². The largest absolute Gasteiger partial charge is 0.491 e. The number of nitrogens with one attached hydrogen (secondary N) is 1. The first kappa shape index (κ1) is 18.2. The Morgan fingerprint density at radius 2 is 1.46 bits per heavy atom. The van der Waals surface area contributed by atoms with Gasteiger partial charge in [-0.05, 0) is 56.5 Å². The van der Waals surface area contributed by atoms with Crippen LogP contribution in [0.15, 0.2) is 48.5 Å². The monoisotopic (exact) mass is 327 g/mol. The molecule has 2 aromatic carbocycles. The third-order valence-electron chi connectivity index (χ3n) is 4.08. The molecule has 0 radical (unpaired) electrons. The fourth-order valence-corrected chi connectivity index (χ4v) is 2.20. The van der Waals surface area contributed by atoms with Crippen LogP contribution in [-0.4, -0.2) is 12.2 Å². The summed E-state index contributed by atoms with van der Waals surface area (Å²) in [5, 5.41) is 3.44. The first-order chi connectivity index (χ1) is 11.6. The molecule has 0 saturated carbocycles. The highest BCUT2D eigenvalue weighted by molar-refractivity contribution is 5.48. The summed E-state index contributed by atoms with van der Waals surface area (Å²) in [7, 11) is 0. The van der Waals surface area contributed by atoms with Gasteiger partial charge in [-0.3, -0.25) is 0 Å². The summed E-state index contributed by atoms with van der Waals surface area (Å²) in [6.07, 6.45) is 2.50. The van der Waals surface area contributed by atoms with Gasteiger partial charge in [-0.25, -0.2) is 0 Å². The standard InChI is InChI=1S/C21H29NO2/c1-5-16(3)23-20-12-10-18(11-13-20)15-22-19-8-7-9-21(14-19)24-17(4)6-2/h7-14,16-17,22H,5-6,15H2,1-4H3. The molecular formula is C21H29NO2.